The molecule has 2 rings (SSSR count). The van der Waals surface area contributed by atoms with E-state index in [1.165, 1.54) is 42.3 Å². The van der Waals surface area contributed by atoms with Crippen LogP contribution in [0.3, 0.4) is 0 Å². The number of hydrogen-bond donors (Lipinski definition) is 0. The van der Waals surface area contributed by atoms with Crippen LogP contribution in [-0.4, -0.2) is 35.4 Å². The minimum absolute atomic E-state index is 0.0724. The van der Waals surface area contributed by atoms with E-state index in [4.69, 9.17) is 16.3 Å². The maximum atomic E-state index is 13.7. The third-order valence-corrected chi connectivity index (χ3v) is 3.88. The van der Waals surface area contributed by atoms with Gasteiger partial charge >= 0.3 is 5.97 Å². The van der Waals surface area contributed by atoms with E-state index in [0.29, 0.717) is 0 Å². The molecule has 0 fully saturated rings. The second-order valence-electron chi connectivity index (χ2n) is 5.33. The molecule has 1 amide bonds. The fraction of sp³-hybridized carbons (Fsp3) is 0.176. The van der Waals surface area contributed by atoms with Crippen molar-refractivity contribution < 1.29 is 23.6 Å². The molecular formula is C17H14ClFN2O5. The molecule has 9 heteroatoms. The molecule has 26 heavy (non-hydrogen) atoms. The van der Waals surface area contributed by atoms with Crippen molar-refractivity contribution in [3.8, 4) is 0 Å². The summed E-state index contributed by atoms with van der Waals surface area (Å²) in [4.78, 5) is 35.1. The van der Waals surface area contributed by atoms with Gasteiger partial charge in [-0.25, -0.2) is 9.18 Å². The van der Waals surface area contributed by atoms with Crippen LogP contribution in [0.15, 0.2) is 42.5 Å². The molecular weight excluding hydrogens is 367 g/mol. The second kappa shape index (κ2) is 8.39. The molecule has 0 aliphatic carbocycles. The lowest BCUT2D eigenvalue weighted by Gasteiger charge is -2.18. The highest BCUT2D eigenvalue weighted by Crippen LogP contribution is 2.20. The third kappa shape index (κ3) is 4.76. The Hall–Kier alpha value is -3.00. The van der Waals surface area contributed by atoms with Crippen molar-refractivity contribution in [2.45, 2.75) is 6.54 Å². The maximum absolute atomic E-state index is 13.7. The lowest BCUT2D eigenvalue weighted by atomic mass is 10.2. The van der Waals surface area contributed by atoms with Gasteiger partial charge in [0.25, 0.3) is 11.6 Å². The quantitative estimate of drug-likeness (QED) is 0.436. The largest absolute Gasteiger partial charge is 0.452 e. The zero-order valence-corrected chi connectivity index (χ0v) is 14.4. The van der Waals surface area contributed by atoms with E-state index in [1.54, 1.807) is 0 Å². The van der Waals surface area contributed by atoms with Gasteiger partial charge in [0.2, 0.25) is 0 Å². The number of amides is 1. The van der Waals surface area contributed by atoms with E-state index in [2.05, 4.69) is 0 Å². The van der Waals surface area contributed by atoms with Crippen molar-refractivity contribution in [1.82, 2.24) is 4.90 Å². The number of benzene rings is 2. The number of halogens is 2. The highest BCUT2D eigenvalue weighted by molar-refractivity contribution is 6.31. The van der Waals surface area contributed by atoms with Crippen LogP contribution in [0.1, 0.15) is 15.9 Å². The molecule has 0 saturated carbocycles. The number of nitro groups is 1. The van der Waals surface area contributed by atoms with Crippen LogP contribution >= 0.6 is 11.6 Å². The third-order valence-electron chi connectivity index (χ3n) is 3.52. The molecule has 0 aromatic heterocycles. The van der Waals surface area contributed by atoms with E-state index in [-0.39, 0.29) is 28.4 Å². The van der Waals surface area contributed by atoms with Gasteiger partial charge in [0.15, 0.2) is 6.61 Å². The van der Waals surface area contributed by atoms with Gasteiger partial charge in [0, 0.05) is 36.3 Å². The smallest absolute Gasteiger partial charge is 0.338 e. The summed E-state index contributed by atoms with van der Waals surface area (Å²) in [7, 11) is 1.42. The van der Waals surface area contributed by atoms with Crippen LogP contribution in [-0.2, 0) is 16.1 Å². The number of likely N-dealkylation sites (N-methyl/N-ethyl adjacent to an activating group) is 1. The van der Waals surface area contributed by atoms with Crippen molar-refractivity contribution >= 4 is 29.2 Å². The van der Waals surface area contributed by atoms with Crippen LogP contribution in [0.25, 0.3) is 0 Å². The van der Waals surface area contributed by atoms with Crippen molar-refractivity contribution in [2.75, 3.05) is 13.7 Å². The van der Waals surface area contributed by atoms with Crippen LogP contribution in [0, 0.1) is 15.9 Å². The Balaban J connectivity index is 1.93. The van der Waals surface area contributed by atoms with Crippen molar-refractivity contribution in [2.24, 2.45) is 0 Å². The molecule has 0 N–H and O–H groups in total. The first-order chi connectivity index (χ1) is 12.3. The summed E-state index contributed by atoms with van der Waals surface area (Å²) in [6, 6.07) is 8.97. The summed E-state index contributed by atoms with van der Waals surface area (Å²) < 4.78 is 18.6. The van der Waals surface area contributed by atoms with E-state index in [1.807, 2.05) is 0 Å². The molecule has 0 saturated heterocycles. The topological polar surface area (TPSA) is 89.8 Å². The van der Waals surface area contributed by atoms with Crippen molar-refractivity contribution in [3.05, 3.63) is 74.5 Å². The second-order valence-corrected chi connectivity index (χ2v) is 5.74. The number of carbonyl (C=O) groups excluding carboxylic acids is 2. The summed E-state index contributed by atoms with van der Waals surface area (Å²) in [5.74, 6) is -1.90. The molecule has 136 valence electrons. The SMILES string of the molecule is CN(Cc1c(F)cccc1Cl)C(=O)COC(=O)c1ccc([N+](=O)[O-])cc1. The van der Waals surface area contributed by atoms with Gasteiger partial charge in [0.05, 0.1) is 10.5 Å². The lowest BCUT2D eigenvalue weighted by molar-refractivity contribution is -0.384. The number of rotatable bonds is 6. The molecule has 0 spiro atoms. The number of carbonyl (C=O) groups is 2. The summed E-state index contributed by atoms with van der Waals surface area (Å²) >= 11 is 5.91. The average Bonchev–Trinajstić information content (AvgIpc) is 2.62. The van der Waals surface area contributed by atoms with Gasteiger partial charge in [-0.1, -0.05) is 17.7 Å². The zero-order valence-electron chi connectivity index (χ0n) is 13.6. The molecule has 0 aliphatic heterocycles. The Bertz CT molecular complexity index is 821. The first-order valence-electron chi connectivity index (χ1n) is 7.38. The number of ether oxygens (including phenoxy) is 1. The molecule has 0 unspecified atom stereocenters. The highest BCUT2D eigenvalue weighted by atomic mass is 35.5. The first kappa shape index (κ1) is 19.3. The highest BCUT2D eigenvalue weighted by Gasteiger charge is 2.17. The molecule has 2 aromatic carbocycles. The van der Waals surface area contributed by atoms with Crippen LogP contribution < -0.4 is 0 Å². The van der Waals surface area contributed by atoms with Crippen LogP contribution in [0.4, 0.5) is 10.1 Å². The Morgan fingerprint density at radius 2 is 1.88 bits per heavy atom. The van der Waals surface area contributed by atoms with Gasteiger partial charge < -0.3 is 9.64 Å². The molecule has 7 nitrogen and oxygen atoms in total. The predicted octanol–water partition coefficient (Wildman–Crippen LogP) is 3.20. The molecule has 0 heterocycles. The minimum Gasteiger partial charge on any atom is -0.452 e. The summed E-state index contributed by atoms with van der Waals surface area (Å²) in [6.07, 6.45) is 0. The lowest BCUT2D eigenvalue weighted by Crippen LogP contribution is -2.31. The number of nitro benzene ring substituents is 1. The first-order valence-corrected chi connectivity index (χ1v) is 7.76. The summed E-state index contributed by atoms with van der Waals surface area (Å²) in [5, 5.41) is 10.8. The number of non-ortho nitro benzene ring substituents is 1. The van der Waals surface area contributed by atoms with Crippen molar-refractivity contribution in [3.63, 3.8) is 0 Å². The Morgan fingerprint density at radius 3 is 2.46 bits per heavy atom. The molecule has 0 aliphatic rings. The standard InChI is InChI=1S/C17H14ClFN2O5/c1-20(9-13-14(18)3-2-4-15(13)19)16(22)10-26-17(23)11-5-7-12(8-6-11)21(24)25/h2-8H,9-10H2,1H3. The monoisotopic (exact) mass is 380 g/mol. The summed E-state index contributed by atoms with van der Waals surface area (Å²) in [6.45, 7) is -0.641. The van der Waals surface area contributed by atoms with E-state index in [9.17, 15) is 24.1 Å². The van der Waals surface area contributed by atoms with Crippen LogP contribution in [0.2, 0.25) is 5.02 Å². The van der Waals surface area contributed by atoms with Gasteiger partial charge in [-0.05, 0) is 24.3 Å². The normalized spacial score (nSPS) is 10.3. The van der Waals surface area contributed by atoms with Gasteiger partial charge in [0.1, 0.15) is 5.82 Å². The Kier molecular flexibility index (Phi) is 6.24. The van der Waals surface area contributed by atoms with Crippen LogP contribution in [0.5, 0.6) is 0 Å². The van der Waals surface area contributed by atoms with Crippen molar-refractivity contribution in [1.29, 1.82) is 0 Å². The molecule has 2 aromatic rings. The maximum Gasteiger partial charge on any atom is 0.338 e. The fourth-order valence-corrected chi connectivity index (χ4v) is 2.27. The van der Waals surface area contributed by atoms with Gasteiger partial charge in [-0.2, -0.15) is 0 Å². The summed E-state index contributed by atoms with van der Waals surface area (Å²) in [5.41, 5.74) is 0.0639. The molecule has 0 atom stereocenters. The fourth-order valence-electron chi connectivity index (χ4n) is 2.05. The van der Waals surface area contributed by atoms with E-state index in [0.717, 1.165) is 12.1 Å². The number of esters is 1. The molecule has 0 bridgehead atoms. The average molecular weight is 381 g/mol. The zero-order chi connectivity index (χ0) is 19.3. The number of hydrogen-bond acceptors (Lipinski definition) is 5. The minimum atomic E-state index is -0.800. The van der Waals surface area contributed by atoms with Gasteiger partial charge in [-0.15, -0.1) is 0 Å². The molecule has 0 radical (unpaired) electrons. The predicted molar refractivity (Wildman–Crippen MR) is 91.3 cm³/mol. The van der Waals surface area contributed by atoms with E-state index < -0.39 is 29.2 Å². The Morgan fingerprint density at radius 1 is 1.23 bits per heavy atom. The van der Waals surface area contributed by atoms with E-state index >= 15 is 0 Å². The van der Waals surface area contributed by atoms with Gasteiger partial charge in [-0.3, -0.25) is 14.9 Å². The Labute approximate surface area is 153 Å². The number of nitrogens with zero attached hydrogens (tertiary/aromatic N) is 2.